The molecule has 1 aliphatic rings. The van der Waals surface area contributed by atoms with Gasteiger partial charge in [-0.05, 0) is 38.8 Å². The smallest absolute Gasteiger partial charge is 0.0499 e. The third kappa shape index (κ3) is 2.17. The molecule has 0 bridgehead atoms. The first-order valence-corrected chi connectivity index (χ1v) is 4.64. The van der Waals surface area contributed by atoms with Gasteiger partial charge < -0.3 is 0 Å². The predicted octanol–water partition coefficient (Wildman–Crippen LogP) is 1.99. The Morgan fingerprint density at radius 3 is 2.30 bits per heavy atom. The fourth-order valence-electron chi connectivity index (χ4n) is 1.40. The molecule has 1 unspecified atom stereocenters. The van der Waals surface area contributed by atoms with Crippen molar-refractivity contribution in [2.75, 3.05) is 13.1 Å². The number of nitrogens with zero attached hydrogens (tertiary/aromatic N) is 1. The molecule has 1 atom stereocenters. The van der Waals surface area contributed by atoms with Crippen LogP contribution in [-0.4, -0.2) is 23.4 Å². The summed E-state index contributed by atoms with van der Waals surface area (Å²) in [5, 5.41) is 0.451. The number of thiol groups is 1. The minimum absolute atomic E-state index is 0.451. The van der Waals surface area contributed by atoms with Gasteiger partial charge in [-0.3, -0.25) is 4.90 Å². The second-order valence-corrected chi connectivity index (χ2v) is 4.10. The summed E-state index contributed by atoms with van der Waals surface area (Å²) in [6.07, 6.45) is 2.70. The quantitative estimate of drug-likeness (QED) is 0.573. The molecule has 1 rings (SSSR count). The van der Waals surface area contributed by atoms with E-state index in [1.54, 1.807) is 0 Å². The number of hydrogen-bond donors (Lipinski definition) is 1. The molecule has 2 heteroatoms. The van der Waals surface area contributed by atoms with Crippen molar-refractivity contribution in [3.05, 3.63) is 0 Å². The normalized spacial score (nSPS) is 26.7. The summed E-state index contributed by atoms with van der Waals surface area (Å²) >= 11 is 4.40. The molecule has 60 valence electrons. The topological polar surface area (TPSA) is 3.24 Å². The zero-order chi connectivity index (χ0) is 7.56. The van der Waals surface area contributed by atoms with Crippen molar-refractivity contribution in [1.82, 2.24) is 4.90 Å². The van der Waals surface area contributed by atoms with Crippen LogP contribution in [0.4, 0.5) is 0 Å². The van der Waals surface area contributed by atoms with Crippen LogP contribution in [0, 0.1) is 5.92 Å². The molecular weight excluding hydrogens is 142 g/mol. The largest absolute Gasteiger partial charge is 0.292 e. The van der Waals surface area contributed by atoms with Crippen molar-refractivity contribution in [3.8, 4) is 0 Å². The maximum absolute atomic E-state index is 4.40. The monoisotopic (exact) mass is 159 g/mol. The molecular formula is C8H17NS. The van der Waals surface area contributed by atoms with E-state index in [0.717, 1.165) is 5.92 Å². The van der Waals surface area contributed by atoms with Gasteiger partial charge in [-0.15, -0.1) is 0 Å². The highest BCUT2D eigenvalue weighted by molar-refractivity contribution is 7.80. The van der Waals surface area contributed by atoms with Crippen LogP contribution in [-0.2, 0) is 0 Å². The number of rotatable bonds is 1. The molecule has 0 amide bonds. The Kier molecular flexibility index (Phi) is 3.05. The molecule has 1 fully saturated rings. The first kappa shape index (κ1) is 8.41. The lowest BCUT2D eigenvalue weighted by Gasteiger charge is -2.32. The van der Waals surface area contributed by atoms with Crippen LogP contribution in [0.5, 0.6) is 0 Å². The molecule has 0 radical (unpaired) electrons. The lowest BCUT2D eigenvalue weighted by atomic mass is 9.99. The van der Waals surface area contributed by atoms with E-state index < -0.39 is 0 Å². The van der Waals surface area contributed by atoms with Gasteiger partial charge >= 0.3 is 0 Å². The van der Waals surface area contributed by atoms with Crippen LogP contribution in [0.2, 0.25) is 0 Å². The molecule has 0 aromatic heterocycles. The predicted molar refractivity (Wildman–Crippen MR) is 48.4 cm³/mol. The minimum Gasteiger partial charge on any atom is -0.292 e. The van der Waals surface area contributed by atoms with Gasteiger partial charge in [0, 0.05) is 5.37 Å². The molecule has 0 aromatic carbocycles. The first-order valence-electron chi connectivity index (χ1n) is 4.12. The van der Waals surface area contributed by atoms with E-state index in [-0.39, 0.29) is 0 Å². The Bertz CT molecular complexity index is 95.4. The second kappa shape index (κ2) is 3.63. The Balaban J connectivity index is 2.26. The van der Waals surface area contributed by atoms with E-state index in [0.29, 0.717) is 5.37 Å². The van der Waals surface area contributed by atoms with Crippen molar-refractivity contribution in [2.24, 2.45) is 5.92 Å². The van der Waals surface area contributed by atoms with E-state index in [2.05, 4.69) is 31.4 Å². The molecule has 10 heavy (non-hydrogen) atoms. The van der Waals surface area contributed by atoms with Gasteiger partial charge in [0.15, 0.2) is 0 Å². The van der Waals surface area contributed by atoms with Gasteiger partial charge in [0.25, 0.3) is 0 Å². The van der Waals surface area contributed by atoms with Crippen LogP contribution < -0.4 is 0 Å². The minimum atomic E-state index is 0.451. The number of piperidine rings is 1. The zero-order valence-corrected chi connectivity index (χ0v) is 7.77. The average molecular weight is 159 g/mol. The third-order valence-corrected chi connectivity index (χ3v) is 2.67. The van der Waals surface area contributed by atoms with Gasteiger partial charge in [0.2, 0.25) is 0 Å². The van der Waals surface area contributed by atoms with Crippen LogP contribution >= 0.6 is 12.6 Å². The fourth-order valence-corrected chi connectivity index (χ4v) is 1.63. The Hall–Kier alpha value is 0.310. The maximum Gasteiger partial charge on any atom is 0.0499 e. The first-order chi connectivity index (χ1) is 4.70. The van der Waals surface area contributed by atoms with Crippen molar-refractivity contribution >= 4 is 12.6 Å². The van der Waals surface area contributed by atoms with Gasteiger partial charge in [0.1, 0.15) is 0 Å². The van der Waals surface area contributed by atoms with Gasteiger partial charge in [-0.25, -0.2) is 0 Å². The lowest BCUT2D eigenvalue weighted by molar-refractivity contribution is 0.187. The van der Waals surface area contributed by atoms with Crippen LogP contribution in [0.1, 0.15) is 26.7 Å². The van der Waals surface area contributed by atoms with Crippen molar-refractivity contribution in [2.45, 2.75) is 32.1 Å². The SMILES string of the molecule is CC1CCN(C(C)S)CC1. The molecule has 0 N–H and O–H groups in total. The summed E-state index contributed by atoms with van der Waals surface area (Å²) in [5.74, 6) is 0.934. The van der Waals surface area contributed by atoms with E-state index in [4.69, 9.17) is 0 Å². The molecule has 1 saturated heterocycles. The van der Waals surface area contributed by atoms with Crippen LogP contribution in [0.3, 0.4) is 0 Å². The van der Waals surface area contributed by atoms with Crippen LogP contribution in [0.25, 0.3) is 0 Å². The standard InChI is InChI=1S/C8H17NS/c1-7-3-5-9(6-4-7)8(2)10/h7-8,10H,3-6H2,1-2H3. The van der Waals surface area contributed by atoms with Gasteiger partial charge in [-0.1, -0.05) is 6.92 Å². The van der Waals surface area contributed by atoms with Crippen molar-refractivity contribution < 1.29 is 0 Å². The maximum atomic E-state index is 4.40. The summed E-state index contributed by atoms with van der Waals surface area (Å²) in [7, 11) is 0. The van der Waals surface area contributed by atoms with Crippen molar-refractivity contribution in [1.29, 1.82) is 0 Å². The Labute approximate surface area is 69.2 Å². The summed E-state index contributed by atoms with van der Waals surface area (Å²) in [4.78, 5) is 2.43. The summed E-state index contributed by atoms with van der Waals surface area (Å²) in [6.45, 7) is 6.97. The van der Waals surface area contributed by atoms with Gasteiger partial charge in [-0.2, -0.15) is 12.6 Å². The van der Waals surface area contributed by atoms with Gasteiger partial charge in [0.05, 0.1) is 0 Å². The summed E-state index contributed by atoms with van der Waals surface area (Å²) in [5.41, 5.74) is 0. The Morgan fingerprint density at radius 2 is 1.90 bits per heavy atom. The third-order valence-electron chi connectivity index (χ3n) is 2.35. The second-order valence-electron chi connectivity index (χ2n) is 3.35. The molecule has 0 saturated carbocycles. The molecule has 1 heterocycles. The number of hydrogen-bond acceptors (Lipinski definition) is 2. The molecule has 1 aliphatic heterocycles. The molecule has 1 nitrogen and oxygen atoms in total. The van der Waals surface area contributed by atoms with Crippen molar-refractivity contribution in [3.63, 3.8) is 0 Å². The van der Waals surface area contributed by atoms with E-state index in [9.17, 15) is 0 Å². The Morgan fingerprint density at radius 1 is 1.40 bits per heavy atom. The number of likely N-dealkylation sites (tertiary alicyclic amines) is 1. The summed E-state index contributed by atoms with van der Waals surface area (Å²) < 4.78 is 0. The zero-order valence-electron chi connectivity index (χ0n) is 6.88. The molecule has 0 spiro atoms. The van der Waals surface area contributed by atoms with E-state index in [1.165, 1.54) is 25.9 Å². The highest BCUT2D eigenvalue weighted by atomic mass is 32.1. The van der Waals surface area contributed by atoms with Crippen LogP contribution in [0.15, 0.2) is 0 Å². The highest BCUT2D eigenvalue weighted by Gasteiger charge is 2.17. The highest BCUT2D eigenvalue weighted by Crippen LogP contribution is 2.18. The molecule has 0 aromatic rings. The van der Waals surface area contributed by atoms with E-state index >= 15 is 0 Å². The fraction of sp³-hybridized carbons (Fsp3) is 1.00. The average Bonchev–Trinajstić information content (AvgIpc) is 1.88. The lowest BCUT2D eigenvalue weighted by Crippen LogP contribution is -2.36. The summed E-state index contributed by atoms with van der Waals surface area (Å²) in [6, 6.07) is 0. The molecule has 0 aliphatic carbocycles. The van der Waals surface area contributed by atoms with E-state index in [1.807, 2.05) is 0 Å².